The van der Waals surface area contributed by atoms with Crippen molar-refractivity contribution in [2.45, 2.75) is 64.3 Å². The Bertz CT molecular complexity index is 356. The lowest BCUT2D eigenvalue weighted by Crippen LogP contribution is -2.15. The summed E-state index contributed by atoms with van der Waals surface area (Å²) >= 11 is 0. The van der Waals surface area contributed by atoms with Gasteiger partial charge in [-0.3, -0.25) is 0 Å². The maximum absolute atomic E-state index is 5.36. The van der Waals surface area contributed by atoms with Crippen molar-refractivity contribution in [2.24, 2.45) is 0 Å². The summed E-state index contributed by atoms with van der Waals surface area (Å²) in [6.45, 7) is 4.60. The third-order valence-electron chi connectivity index (χ3n) is 4.09. The van der Waals surface area contributed by atoms with Crippen molar-refractivity contribution in [3.63, 3.8) is 0 Å². The highest BCUT2D eigenvalue weighted by atomic mass is 16.5. The van der Waals surface area contributed by atoms with Gasteiger partial charge in [-0.1, -0.05) is 32.1 Å². The van der Waals surface area contributed by atoms with Crippen LogP contribution in [0.4, 0.5) is 5.95 Å². The van der Waals surface area contributed by atoms with Gasteiger partial charge in [0.05, 0.1) is 0 Å². The Balaban J connectivity index is 1.83. The summed E-state index contributed by atoms with van der Waals surface area (Å²) in [6, 6.07) is 0.632. The van der Waals surface area contributed by atoms with E-state index in [2.05, 4.69) is 21.1 Å². The Morgan fingerprint density at radius 3 is 2.75 bits per heavy atom. The van der Waals surface area contributed by atoms with Crippen LogP contribution in [-0.2, 0) is 4.74 Å². The first-order valence-electron chi connectivity index (χ1n) is 8.26. The molecule has 0 amide bonds. The van der Waals surface area contributed by atoms with Gasteiger partial charge in [0.1, 0.15) is 0 Å². The molecular weight excluding hydrogens is 250 g/mol. The maximum atomic E-state index is 5.36. The molecule has 0 unspecified atom stereocenters. The molecule has 1 aliphatic rings. The molecule has 20 heavy (non-hydrogen) atoms. The summed E-state index contributed by atoms with van der Waals surface area (Å²) in [5.74, 6) is 1.03. The standard InChI is InChI=1S/C16H29N3O/c1-2-20-14-8-11-17-16-18-12-13-19(16)15-9-6-4-3-5-7-10-15/h12-13,15H,2-11,14H2,1H3,(H,17,18). The Morgan fingerprint density at radius 2 is 2.00 bits per heavy atom. The van der Waals surface area contributed by atoms with E-state index in [1.54, 1.807) is 0 Å². The van der Waals surface area contributed by atoms with Crippen molar-refractivity contribution < 1.29 is 4.74 Å². The van der Waals surface area contributed by atoms with E-state index in [4.69, 9.17) is 4.74 Å². The van der Waals surface area contributed by atoms with Crippen LogP contribution in [-0.4, -0.2) is 29.3 Å². The molecule has 0 radical (unpaired) electrons. The molecule has 2 rings (SSSR count). The fraction of sp³-hybridized carbons (Fsp3) is 0.812. The van der Waals surface area contributed by atoms with E-state index < -0.39 is 0 Å². The normalized spacial score (nSPS) is 17.6. The second-order valence-electron chi connectivity index (χ2n) is 5.63. The Hall–Kier alpha value is -1.03. The fourth-order valence-corrected chi connectivity index (χ4v) is 2.98. The summed E-state index contributed by atoms with van der Waals surface area (Å²) in [7, 11) is 0. The highest BCUT2D eigenvalue weighted by Gasteiger charge is 2.15. The molecular formula is C16H29N3O. The Morgan fingerprint density at radius 1 is 1.25 bits per heavy atom. The number of nitrogens with one attached hydrogen (secondary N) is 1. The fourth-order valence-electron chi connectivity index (χ4n) is 2.98. The van der Waals surface area contributed by atoms with Crippen molar-refractivity contribution in [1.82, 2.24) is 9.55 Å². The van der Waals surface area contributed by atoms with E-state index in [0.29, 0.717) is 6.04 Å². The average Bonchev–Trinajstić information content (AvgIpc) is 2.86. The second kappa shape index (κ2) is 9.01. The number of anilines is 1. The summed E-state index contributed by atoms with van der Waals surface area (Å²) < 4.78 is 7.72. The van der Waals surface area contributed by atoms with Gasteiger partial charge in [0.25, 0.3) is 0 Å². The molecule has 114 valence electrons. The summed E-state index contributed by atoms with van der Waals surface area (Å²) in [5, 5.41) is 3.46. The lowest BCUT2D eigenvalue weighted by atomic mass is 9.96. The van der Waals surface area contributed by atoms with Gasteiger partial charge in [-0.15, -0.1) is 0 Å². The van der Waals surface area contributed by atoms with Crippen molar-refractivity contribution in [2.75, 3.05) is 25.1 Å². The smallest absolute Gasteiger partial charge is 0.203 e. The molecule has 1 aliphatic carbocycles. The van der Waals surface area contributed by atoms with Crippen LogP contribution in [0.15, 0.2) is 12.4 Å². The molecule has 1 aromatic heterocycles. The van der Waals surface area contributed by atoms with E-state index >= 15 is 0 Å². The predicted octanol–water partition coefficient (Wildman–Crippen LogP) is 4.01. The zero-order chi connectivity index (χ0) is 14.0. The molecule has 1 heterocycles. The minimum absolute atomic E-state index is 0.632. The quantitative estimate of drug-likeness (QED) is 0.767. The monoisotopic (exact) mass is 279 g/mol. The van der Waals surface area contributed by atoms with Gasteiger partial charge in [-0.25, -0.2) is 4.98 Å². The lowest BCUT2D eigenvalue weighted by molar-refractivity contribution is 0.147. The third kappa shape index (κ3) is 4.82. The SMILES string of the molecule is CCOCCCNc1nccn1C1CCCCCCC1. The number of hydrogen-bond donors (Lipinski definition) is 1. The molecule has 1 N–H and O–H groups in total. The van der Waals surface area contributed by atoms with E-state index in [0.717, 1.165) is 32.1 Å². The van der Waals surface area contributed by atoms with Crippen LogP contribution in [0.5, 0.6) is 0 Å². The van der Waals surface area contributed by atoms with Gasteiger partial charge >= 0.3 is 0 Å². The molecule has 0 bridgehead atoms. The zero-order valence-corrected chi connectivity index (χ0v) is 12.8. The molecule has 0 saturated heterocycles. The van der Waals surface area contributed by atoms with Crippen molar-refractivity contribution >= 4 is 5.95 Å². The zero-order valence-electron chi connectivity index (χ0n) is 12.8. The maximum Gasteiger partial charge on any atom is 0.203 e. The summed E-state index contributed by atoms with van der Waals surface area (Å²) in [6.07, 6.45) is 14.6. The molecule has 4 heteroatoms. The van der Waals surface area contributed by atoms with Crippen LogP contribution in [0.3, 0.4) is 0 Å². The number of nitrogens with zero attached hydrogens (tertiary/aromatic N) is 2. The van der Waals surface area contributed by atoms with Crippen LogP contribution in [0.1, 0.15) is 64.3 Å². The van der Waals surface area contributed by atoms with Gasteiger partial charge in [0.15, 0.2) is 0 Å². The minimum atomic E-state index is 0.632. The average molecular weight is 279 g/mol. The van der Waals surface area contributed by atoms with Crippen molar-refractivity contribution in [3.05, 3.63) is 12.4 Å². The summed E-state index contributed by atoms with van der Waals surface area (Å²) in [4.78, 5) is 4.47. The first-order chi connectivity index (χ1) is 9.92. The Kier molecular flexibility index (Phi) is 6.92. The molecule has 1 saturated carbocycles. The summed E-state index contributed by atoms with van der Waals surface area (Å²) in [5.41, 5.74) is 0. The van der Waals surface area contributed by atoms with Gasteiger partial charge in [0, 0.05) is 38.2 Å². The predicted molar refractivity (Wildman–Crippen MR) is 83.2 cm³/mol. The molecule has 0 atom stereocenters. The number of hydrogen-bond acceptors (Lipinski definition) is 3. The number of ether oxygens (including phenoxy) is 1. The van der Waals surface area contributed by atoms with E-state index in [9.17, 15) is 0 Å². The first kappa shape index (κ1) is 15.4. The van der Waals surface area contributed by atoms with Crippen LogP contribution in [0.25, 0.3) is 0 Å². The van der Waals surface area contributed by atoms with Gasteiger partial charge in [-0.2, -0.15) is 0 Å². The third-order valence-corrected chi connectivity index (χ3v) is 4.09. The lowest BCUT2D eigenvalue weighted by Gasteiger charge is -2.23. The van der Waals surface area contributed by atoms with Gasteiger partial charge < -0.3 is 14.6 Å². The molecule has 1 fully saturated rings. The van der Waals surface area contributed by atoms with Crippen LogP contribution >= 0.6 is 0 Å². The number of aromatic nitrogens is 2. The highest BCUT2D eigenvalue weighted by molar-refractivity contribution is 5.26. The van der Waals surface area contributed by atoms with Crippen LogP contribution in [0.2, 0.25) is 0 Å². The van der Waals surface area contributed by atoms with Crippen molar-refractivity contribution in [1.29, 1.82) is 0 Å². The first-order valence-corrected chi connectivity index (χ1v) is 8.26. The van der Waals surface area contributed by atoms with Gasteiger partial charge in [-0.05, 0) is 26.2 Å². The molecule has 0 aliphatic heterocycles. The van der Waals surface area contributed by atoms with E-state index in [1.807, 2.05) is 13.1 Å². The van der Waals surface area contributed by atoms with E-state index in [1.165, 1.54) is 44.9 Å². The number of rotatable bonds is 7. The number of imidazole rings is 1. The second-order valence-corrected chi connectivity index (χ2v) is 5.63. The van der Waals surface area contributed by atoms with Crippen LogP contribution in [0, 0.1) is 0 Å². The van der Waals surface area contributed by atoms with Crippen molar-refractivity contribution in [3.8, 4) is 0 Å². The highest BCUT2D eigenvalue weighted by Crippen LogP contribution is 2.28. The minimum Gasteiger partial charge on any atom is -0.382 e. The topological polar surface area (TPSA) is 39.1 Å². The molecule has 1 aromatic rings. The van der Waals surface area contributed by atoms with Crippen LogP contribution < -0.4 is 5.32 Å². The van der Waals surface area contributed by atoms with Gasteiger partial charge in [0.2, 0.25) is 5.95 Å². The molecule has 0 aromatic carbocycles. The molecule has 4 nitrogen and oxygen atoms in total. The largest absolute Gasteiger partial charge is 0.382 e. The Labute approximate surface area is 122 Å². The molecule has 0 spiro atoms. The van der Waals surface area contributed by atoms with E-state index in [-0.39, 0.29) is 0 Å².